The lowest BCUT2D eigenvalue weighted by Crippen LogP contribution is -2.40. The number of nitrogens with one attached hydrogen (secondary N) is 1. The average Bonchev–Trinajstić information content (AvgIpc) is 2.69. The highest BCUT2D eigenvalue weighted by molar-refractivity contribution is 7.92. The van der Waals surface area contributed by atoms with Crippen molar-refractivity contribution in [2.75, 3.05) is 31.3 Å². The third-order valence-electron chi connectivity index (χ3n) is 3.95. The second-order valence-electron chi connectivity index (χ2n) is 6.01. The fourth-order valence-corrected chi connectivity index (χ4v) is 3.39. The average molecular weight is 423 g/mol. The fraction of sp³-hybridized carbons (Fsp3) is 0.278. The third kappa shape index (κ3) is 5.82. The van der Waals surface area contributed by atoms with Crippen molar-refractivity contribution >= 4 is 27.3 Å². The van der Waals surface area contributed by atoms with Crippen molar-refractivity contribution in [3.8, 4) is 11.5 Å². The maximum atomic E-state index is 12.3. The van der Waals surface area contributed by atoms with Crippen LogP contribution < -0.4 is 19.1 Å². The molecule has 0 aliphatic carbocycles. The van der Waals surface area contributed by atoms with Gasteiger partial charge in [0.05, 0.1) is 31.1 Å². The van der Waals surface area contributed by atoms with E-state index in [-0.39, 0.29) is 17.9 Å². The Morgan fingerprint density at radius 2 is 1.83 bits per heavy atom. The Morgan fingerprint density at radius 1 is 1.14 bits per heavy atom. The Hall–Kier alpha value is -3.34. The minimum absolute atomic E-state index is 0.0305. The molecule has 29 heavy (non-hydrogen) atoms. The van der Waals surface area contributed by atoms with Gasteiger partial charge in [0.2, 0.25) is 15.9 Å². The number of nitro groups is 1. The highest BCUT2D eigenvalue weighted by atomic mass is 32.2. The molecule has 0 bridgehead atoms. The predicted octanol–water partition coefficient (Wildman–Crippen LogP) is 1.69. The van der Waals surface area contributed by atoms with Crippen LogP contribution >= 0.6 is 0 Å². The normalized spacial score (nSPS) is 10.9. The number of sulfonamides is 1. The summed E-state index contributed by atoms with van der Waals surface area (Å²) < 4.78 is 35.4. The van der Waals surface area contributed by atoms with Crippen molar-refractivity contribution in [3.05, 3.63) is 58.1 Å². The summed E-state index contributed by atoms with van der Waals surface area (Å²) in [5.74, 6) is 0.460. The van der Waals surface area contributed by atoms with Gasteiger partial charge in [-0.3, -0.25) is 19.2 Å². The van der Waals surface area contributed by atoms with E-state index in [0.29, 0.717) is 11.5 Å². The largest absolute Gasteiger partial charge is 0.493 e. The van der Waals surface area contributed by atoms with Crippen LogP contribution in [0, 0.1) is 10.1 Å². The fourth-order valence-electron chi connectivity index (χ4n) is 2.54. The van der Waals surface area contributed by atoms with Gasteiger partial charge in [0.25, 0.3) is 5.69 Å². The van der Waals surface area contributed by atoms with Gasteiger partial charge in [0, 0.05) is 18.7 Å². The van der Waals surface area contributed by atoms with E-state index in [4.69, 9.17) is 9.47 Å². The van der Waals surface area contributed by atoms with Crippen LogP contribution in [-0.4, -0.2) is 46.3 Å². The summed E-state index contributed by atoms with van der Waals surface area (Å²) in [6.45, 7) is -0.390. The Labute approximate surface area is 168 Å². The number of hydrogen-bond donors (Lipinski definition) is 1. The number of hydrogen-bond acceptors (Lipinski definition) is 7. The van der Waals surface area contributed by atoms with Crippen molar-refractivity contribution in [2.45, 2.75) is 6.54 Å². The van der Waals surface area contributed by atoms with Crippen LogP contribution in [-0.2, 0) is 21.4 Å². The molecule has 2 rings (SSSR count). The zero-order valence-electron chi connectivity index (χ0n) is 16.1. The first-order chi connectivity index (χ1) is 13.7. The molecule has 156 valence electrons. The molecular weight excluding hydrogens is 402 g/mol. The van der Waals surface area contributed by atoms with Crippen LogP contribution in [0.1, 0.15) is 5.56 Å². The van der Waals surface area contributed by atoms with Gasteiger partial charge in [0.15, 0.2) is 11.5 Å². The minimum Gasteiger partial charge on any atom is -0.493 e. The molecule has 0 saturated carbocycles. The Bertz CT molecular complexity index is 1010. The molecule has 10 nitrogen and oxygen atoms in total. The number of carbonyl (C=O) groups is 1. The number of anilines is 1. The second-order valence-corrected chi connectivity index (χ2v) is 7.92. The van der Waals surface area contributed by atoms with E-state index in [2.05, 4.69) is 5.32 Å². The van der Waals surface area contributed by atoms with Gasteiger partial charge in [-0.05, 0) is 23.8 Å². The number of ether oxygens (including phenoxy) is 2. The van der Waals surface area contributed by atoms with E-state index >= 15 is 0 Å². The highest BCUT2D eigenvalue weighted by Gasteiger charge is 2.22. The van der Waals surface area contributed by atoms with Crippen molar-refractivity contribution in [3.63, 3.8) is 0 Å². The molecular formula is C18H21N3O7S. The summed E-state index contributed by atoms with van der Waals surface area (Å²) in [6, 6.07) is 10.2. The van der Waals surface area contributed by atoms with Crippen LogP contribution in [0.5, 0.6) is 11.5 Å². The molecule has 0 aliphatic heterocycles. The summed E-state index contributed by atoms with van der Waals surface area (Å²) in [7, 11) is -0.848. The van der Waals surface area contributed by atoms with Crippen molar-refractivity contribution < 1.29 is 27.6 Å². The van der Waals surface area contributed by atoms with Gasteiger partial charge >= 0.3 is 0 Å². The lowest BCUT2D eigenvalue weighted by Gasteiger charge is -2.21. The summed E-state index contributed by atoms with van der Waals surface area (Å²) in [6.07, 6.45) is 0.924. The molecule has 0 atom stereocenters. The highest BCUT2D eigenvalue weighted by Crippen LogP contribution is 2.27. The maximum Gasteiger partial charge on any atom is 0.271 e. The van der Waals surface area contributed by atoms with Crippen LogP contribution in [0.4, 0.5) is 11.4 Å². The lowest BCUT2D eigenvalue weighted by atomic mass is 10.2. The first kappa shape index (κ1) is 22.0. The molecule has 0 saturated heterocycles. The molecule has 2 aromatic rings. The molecule has 0 radical (unpaired) electrons. The minimum atomic E-state index is -3.84. The molecule has 0 spiro atoms. The summed E-state index contributed by atoms with van der Waals surface area (Å²) in [4.78, 5) is 22.6. The van der Waals surface area contributed by atoms with Crippen LogP contribution in [0.2, 0.25) is 0 Å². The number of benzene rings is 2. The van der Waals surface area contributed by atoms with Crippen LogP contribution in [0.15, 0.2) is 42.5 Å². The number of carbonyl (C=O) groups excluding carboxylic acids is 1. The summed E-state index contributed by atoms with van der Waals surface area (Å²) >= 11 is 0. The van der Waals surface area contributed by atoms with Crippen molar-refractivity contribution in [1.29, 1.82) is 0 Å². The van der Waals surface area contributed by atoms with Gasteiger partial charge in [0.1, 0.15) is 6.54 Å². The van der Waals surface area contributed by atoms with Crippen LogP contribution in [0.3, 0.4) is 0 Å². The van der Waals surface area contributed by atoms with E-state index in [9.17, 15) is 23.3 Å². The Balaban J connectivity index is 2.13. The number of rotatable bonds is 9. The van der Waals surface area contributed by atoms with Crippen LogP contribution in [0.25, 0.3) is 0 Å². The summed E-state index contributed by atoms with van der Waals surface area (Å²) in [5, 5.41) is 13.6. The molecule has 2 aromatic carbocycles. The number of non-ortho nitro benzene ring substituents is 1. The van der Waals surface area contributed by atoms with E-state index in [1.165, 1.54) is 32.4 Å². The number of amides is 1. The van der Waals surface area contributed by atoms with E-state index in [1.54, 1.807) is 18.2 Å². The Morgan fingerprint density at radius 3 is 2.41 bits per heavy atom. The maximum absolute atomic E-state index is 12.3. The van der Waals surface area contributed by atoms with Gasteiger partial charge in [-0.25, -0.2) is 8.42 Å². The topological polar surface area (TPSA) is 128 Å². The lowest BCUT2D eigenvalue weighted by molar-refractivity contribution is -0.384. The second kappa shape index (κ2) is 9.24. The van der Waals surface area contributed by atoms with Gasteiger partial charge in [-0.15, -0.1) is 0 Å². The van der Waals surface area contributed by atoms with Gasteiger partial charge < -0.3 is 14.8 Å². The SMILES string of the molecule is COc1ccc(CNC(=O)CN(c2cccc([N+](=O)[O-])c2)S(C)(=O)=O)cc1OC. The zero-order valence-corrected chi connectivity index (χ0v) is 16.9. The van der Waals surface area contributed by atoms with E-state index in [1.807, 2.05) is 0 Å². The molecule has 11 heteroatoms. The third-order valence-corrected chi connectivity index (χ3v) is 5.09. The molecule has 0 unspecified atom stereocenters. The van der Waals surface area contributed by atoms with Crippen molar-refractivity contribution in [2.24, 2.45) is 0 Å². The quantitative estimate of drug-likeness (QED) is 0.480. The molecule has 0 heterocycles. The monoisotopic (exact) mass is 423 g/mol. The zero-order chi connectivity index (χ0) is 21.6. The van der Waals surface area contributed by atoms with Crippen molar-refractivity contribution in [1.82, 2.24) is 5.32 Å². The molecule has 1 amide bonds. The molecule has 0 aromatic heterocycles. The first-order valence-corrected chi connectivity index (χ1v) is 10.2. The number of methoxy groups -OCH3 is 2. The number of nitro benzene ring substituents is 1. The van der Waals surface area contributed by atoms with E-state index < -0.39 is 27.4 Å². The number of nitrogens with zero attached hydrogens (tertiary/aromatic N) is 2. The summed E-state index contributed by atoms with van der Waals surface area (Å²) in [5.41, 5.74) is 0.474. The van der Waals surface area contributed by atoms with Gasteiger partial charge in [-0.1, -0.05) is 12.1 Å². The molecule has 1 N–H and O–H groups in total. The molecule has 0 fully saturated rings. The molecule has 0 aliphatic rings. The predicted molar refractivity (Wildman–Crippen MR) is 107 cm³/mol. The van der Waals surface area contributed by atoms with Gasteiger partial charge in [-0.2, -0.15) is 0 Å². The smallest absolute Gasteiger partial charge is 0.271 e. The van der Waals surface area contributed by atoms with E-state index in [0.717, 1.165) is 22.2 Å². The first-order valence-electron chi connectivity index (χ1n) is 8.35. The Kier molecular flexibility index (Phi) is 6.99. The standard InChI is InChI=1S/C18H21N3O7S/c1-27-16-8-7-13(9-17(16)28-2)11-19-18(22)12-20(29(3,25)26)14-5-4-6-15(10-14)21(23)24/h4-10H,11-12H2,1-3H3,(H,19,22).